The van der Waals surface area contributed by atoms with E-state index in [1.165, 1.54) is 83.5 Å². The normalized spacial score (nSPS) is 14.5. The van der Waals surface area contributed by atoms with Crippen molar-refractivity contribution in [1.82, 2.24) is 0 Å². The predicted molar refractivity (Wildman–Crippen MR) is 106 cm³/mol. The highest BCUT2D eigenvalue weighted by molar-refractivity contribution is 4.72. The zero-order valence-corrected chi connectivity index (χ0v) is 16.9. The number of unbranched alkanes of at least 4 members (excludes halogenated alkanes) is 15. The van der Waals surface area contributed by atoms with Gasteiger partial charge in [0.15, 0.2) is 6.10 Å². The zero-order valence-electron chi connectivity index (χ0n) is 16.9. The van der Waals surface area contributed by atoms with E-state index in [2.05, 4.69) is 6.92 Å². The molecule has 158 valence electrons. The van der Waals surface area contributed by atoms with Gasteiger partial charge in [-0.1, -0.05) is 110 Å². The van der Waals surface area contributed by atoms with Crippen LogP contribution in [0.2, 0.25) is 0 Å². The lowest BCUT2D eigenvalue weighted by atomic mass is 10.0. The van der Waals surface area contributed by atoms with E-state index in [0.717, 1.165) is 12.8 Å². The lowest BCUT2D eigenvalue weighted by Crippen LogP contribution is -2.48. The zero-order chi connectivity index (χ0) is 19.7. The fourth-order valence-electron chi connectivity index (χ4n) is 3.32. The molecule has 0 aliphatic heterocycles. The molecule has 0 aromatic heterocycles. The van der Waals surface area contributed by atoms with Crippen LogP contribution in [0.4, 0.5) is 0 Å². The van der Waals surface area contributed by atoms with Gasteiger partial charge in [-0.2, -0.15) is 0 Å². The second-order valence-electron chi connectivity index (χ2n) is 7.79. The first-order chi connectivity index (χ1) is 12.4. The number of aliphatic hydroxyl groups is 5. The van der Waals surface area contributed by atoms with Crippen molar-refractivity contribution in [3.63, 3.8) is 0 Å². The first-order valence-corrected chi connectivity index (χ1v) is 10.9. The molecule has 0 bridgehead atoms. The summed E-state index contributed by atoms with van der Waals surface area (Å²) in [5.41, 5.74) is 0. The van der Waals surface area contributed by atoms with Crippen LogP contribution < -0.4 is 0 Å². The molecule has 0 saturated carbocycles. The highest BCUT2D eigenvalue weighted by atomic mass is 16.7. The Labute approximate surface area is 160 Å². The fourth-order valence-corrected chi connectivity index (χ4v) is 3.32. The molecule has 2 unspecified atom stereocenters. The van der Waals surface area contributed by atoms with E-state index < -0.39 is 18.2 Å². The first kappa shape index (κ1) is 25.8. The van der Waals surface area contributed by atoms with Crippen LogP contribution in [0.25, 0.3) is 0 Å². The maximum Gasteiger partial charge on any atom is 0.305 e. The average molecular weight is 377 g/mol. The summed E-state index contributed by atoms with van der Waals surface area (Å²) in [5.74, 6) is -3.23. The van der Waals surface area contributed by atoms with Crippen molar-refractivity contribution in [3.05, 3.63) is 0 Å². The Morgan fingerprint density at radius 2 is 0.846 bits per heavy atom. The summed E-state index contributed by atoms with van der Waals surface area (Å²) in [5, 5.41) is 45.2. The molecule has 0 aliphatic carbocycles. The average Bonchev–Trinajstić information content (AvgIpc) is 2.59. The van der Waals surface area contributed by atoms with Crippen LogP contribution in [-0.2, 0) is 0 Å². The predicted octanol–water partition coefficient (Wildman–Crippen LogP) is 3.99. The van der Waals surface area contributed by atoms with Gasteiger partial charge in [0.05, 0.1) is 6.10 Å². The maximum atomic E-state index is 9.54. The summed E-state index contributed by atoms with van der Waals surface area (Å²) in [6, 6.07) is 0. The van der Waals surface area contributed by atoms with Gasteiger partial charge in [-0.05, 0) is 6.42 Å². The third kappa shape index (κ3) is 16.0. The van der Waals surface area contributed by atoms with Crippen molar-refractivity contribution in [2.24, 2.45) is 0 Å². The van der Waals surface area contributed by atoms with Crippen molar-refractivity contribution < 1.29 is 25.5 Å². The Kier molecular flexibility index (Phi) is 16.8. The van der Waals surface area contributed by atoms with Crippen LogP contribution in [-0.4, -0.2) is 43.7 Å². The smallest absolute Gasteiger partial charge is 0.305 e. The molecule has 0 spiro atoms. The van der Waals surface area contributed by atoms with Crippen LogP contribution in [0.15, 0.2) is 0 Å². The summed E-state index contributed by atoms with van der Waals surface area (Å²) >= 11 is 0. The lowest BCUT2D eigenvalue weighted by Gasteiger charge is -2.25. The van der Waals surface area contributed by atoms with Crippen LogP contribution in [0.3, 0.4) is 0 Å². The van der Waals surface area contributed by atoms with Crippen molar-refractivity contribution in [2.45, 2.75) is 134 Å². The van der Waals surface area contributed by atoms with Gasteiger partial charge in [0.1, 0.15) is 0 Å². The van der Waals surface area contributed by atoms with E-state index in [9.17, 15) is 10.2 Å². The summed E-state index contributed by atoms with van der Waals surface area (Å²) in [7, 11) is 0. The van der Waals surface area contributed by atoms with E-state index in [1.54, 1.807) is 0 Å². The number of hydrogen-bond donors (Lipinski definition) is 5. The molecule has 5 N–H and O–H groups in total. The molecule has 0 saturated heterocycles. The minimum Gasteiger partial charge on any atom is -0.390 e. The quantitative estimate of drug-likeness (QED) is 0.173. The summed E-state index contributed by atoms with van der Waals surface area (Å²) < 4.78 is 0. The third-order valence-electron chi connectivity index (χ3n) is 5.11. The molecule has 0 heterocycles. The van der Waals surface area contributed by atoms with Gasteiger partial charge in [-0.25, -0.2) is 0 Å². The molecule has 0 fully saturated rings. The maximum absolute atomic E-state index is 9.54. The topological polar surface area (TPSA) is 101 Å². The number of hydrogen-bond acceptors (Lipinski definition) is 5. The van der Waals surface area contributed by atoms with E-state index in [4.69, 9.17) is 15.3 Å². The van der Waals surface area contributed by atoms with Gasteiger partial charge in [0, 0.05) is 0 Å². The Morgan fingerprint density at radius 3 is 1.15 bits per heavy atom. The number of aliphatic hydroxyl groups excluding tert-OH is 2. The summed E-state index contributed by atoms with van der Waals surface area (Å²) in [4.78, 5) is 0. The van der Waals surface area contributed by atoms with Gasteiger partial charge in [-0.3, -0.25) is 0 Å². The van der Waals surface area contributed by atoms with Gasteiger partial charge in [0.25, 0.3) is 0 Å². The molecule has 5 heteroatoms. The SMILES string of the molecule is CCCCCCCCCCCCCCCCCCC(O)C(O)C(O)(O)O. The minimum atomic E-state index is -3.23. The molecular weight excluding hydrogens is 332 g/mol. The Morgan fingerprint density at radius 1 is 0.538 bits per heavy atom. The number of rotatable bonds is 19. The highest BCUT2D eigenvalue weighted by Crippen LogP contribution is 2.16. The second kappa shape index (κ2) is 16.9. The molecule has 0 rings (SSSR count). The third-order valence-corrected chi connectivity index (χ3v) is 5.11. The second-order valence-corrected chi connectivity index (χ2v) is 7.79. The van der Waals surface area contributed by atoms with Crippen LogP contribution in [0.5, 0.6) is 0 Å². The molecule has 2 atom stereocenters. The molecule has 5 nitrogen and oxygen atoms in total. The molecule has 0 aromatic rings. The standard InChI is InChI=1S/C21H44O5/c1-2-3-4-5-6-7-8-9-10-11-12-13-14-15-16-17-18-19(22)20(23)21(24,25)26/h19-20,22-26H,2-18H2,1H3. The van der Waals surface area contributed by atoms with Crippen molar-refractivity contribution in [1.29, 1.82) is 0 Å². The van der Waals surface area contributed by atoms with Crippen LogP contribution in [0.1, 0.15) is 116 Å². The first-order valence-electron chi connectivity index (χ1n) is 10.9. The molecule has 26 heavy (non-hydrogen) atoms. The fraction of sp³-hybridized carbons (Fsp3) is 1.00. The minimum absolute atomic E-state index is 0.253. The van der Waals surface area contributed by atoms with Gasteiger partial charge >= 0.3 is 5.97 Å². The van der Waals surface area contributed by atoms with E-state index in [-0.39, 0.29) is 6.42 Å². The molecular formula is C21H44O5. The van der Waals surface area contributed by atoms with E-state index in [0.29, 0.717) is 6.42 Å². The summed E-state index contributed by atoms with van der Waals surface area (Å²) in [6.07, 6.45) is 17.2. The Bertz CT molecular complexity index is 291. The molecule has 0 radical (unpaired) electrons. The van der Waals surface area contributed by atoms with Crippen molar-refractivity contribution in [3.8, 4) is 0 Å². The molecule has 0 aromatic carbocycles. The van der Waals surface area contributed by atoms with E-state index >= 15 is 0 Å². The largest absolute Gasteiger partial charge is 0.390 e. The van der Waals surface area contributed by atoms with Crippen LogP contribution in [0, 0.1) is 0 Å². The Hall–Kier alpha value is -0.200. The molecule has 0 amide bonds. The van der Waals surface area contributed by atoms with Crippen molar-refractivity contribution >= 4 is 0 Å². The monoisotopic (exact) mass is 376 g/mol. The van der Waals surface area contributed by atoms with Gasteiger partial charge in [-0.15, -0.1) is 0 Å². The van der Waals surface area contributed by atoms with Gasteiger partial charge in [0.2, 0.25) is 0 Å². The van der Waals surface area contributed by atoms with E-state index in [1.807, 2.05) is 0 Å². The summed E-state index contributed by atoms with van der Waals surface area (Å²) in [6.45, 7) is 2.26. The Balaban J connectivity index is 3.22. The molecule has 0 aliphatic rings. The van der Waals surface area contributed by atoms with Crippen LogP contribution >= 0.6 is 0 Å². The van der Waals surface area contributed by atoms with Gasteiger partial charge < -0.3 is 25.5 Å². The lowest BCUT2D eigenvalue weighted by molar-refractivity contribution is -0.366. The van der Waals surface area contributed by atoms with Crippen molar-refractivity contribution in [2.75, 3.05) is 0 Å². The highest BCUT2D eigenvalue weighted by Gasteiger charge is 2.35.